The average Bonchev–Trinajstić information content (AvgIpc) is 3.54. The van der Waals surface area contributed by atoms with E-state index in [9.17, 15) is 9.59 Å². The second kappa shape index (κ2) is 9.42. The summed E-state index contributed by atoms with van der Waals surface area (Å²) < 4.78 is 21.3. The number of anilines is 1. The molecule has 0 spiro atoms. The molecule has 2 aromatic carbocycles. The lowest BCUT2D eigenvalue weighted by molar-refractivity contribution is -0.119. The van der Waals surface area contributed by atoms with Gasteiger partial charge in [-0.15, -0.1) is 0 Å². The quantitative estimate of drug-likeness (QED) is 0.386. The highest BCUT2D eigenvalue weighted by Crippen LogP contribution is 2.38. The Morgan fingerprint density at radius 1 is 1.08 bits per heavy atom. The summed E-state index contributed by atoms with van der Waals surface area (Å²) in [7, 11) is 0. The predicted molar refractivity (Wildman–Crippen MR) is 135 cm³/mol. The molecule has 2 aromatic heterocycles. The van der Waals surface area contributed by atoms with E-state index in [0.29, 0.717) is 34.4 Å². The zero-order chi connectivity index (χ0) is 25.4. The first kappa shape index (κ1) is 22.8. The molecular weight excluding hydrogens is 474 g/mol. The molecule has 1 aliphatic heterocycles. The molecule has 0 unspecified atom stereocenters. The first-order chi connectivity index (χ1) is 18.0. The van der Waals surface area contributed by atoms with Crippen LogP contribution < -0.4 is 14.8 Å². The highest BCUT2D eigenvalue weighted by Gasteiger charge is 2.26. The fraction of sp³-hybridized carbons (Fsp3) is 0.214. The second-order valence-corrected chi connectivity index (χ2v) is 8.91. The van der Waals surface area contributed by atoms with Crippen LogP contribution in [0.15, 0.2) is 53.1 Å². The van der Waals surface area contributed by atoms with Crippen LogP contribution in [0, 0.1) is 6.92 Å². The Morgan fingerprint density at radius 2 is 1.95 bits per heavy atom. The van der Waals surface area contributed by atoms with Crippen LogP contribution in [0.5, 0.6) is 11.5 Å². The smallest absolute Gasteiger partial charge is 0.339 e. The van der Waals surface area contributed by atoms with Gasteiger partial charge < -0.3 is 24.1 Å². The first-order valence-electron chi connectivity index (χ1n) is 12.0. The van der Waals surface area contributed by atoms with Crippen molar-refractivity contribution in [1.82, 2.24) is 10.1 Å². The van der Waals surface area contributed by atoms with Crippen molar-refractivity contribution in [2.75, 3.05) is 18.7 Å². The Labute approximate surface area is 212 Å². The first-order valence-corrected chi connectivity index (χ1v) is 12.0. The molecule has 9 heteroatoms. The predicted octanol–water partition coefficient (Wildman–Crippen LogP) is 4.93. The number of hydrogen-bond acceptors (Lipinski definition) is 8. The van der Waals surface area contributed by atoms with E-state index in [4.69, 9.17) is 23.7 Å². The molecule has 1 N–H and O–H groups in total. The highest BCUT2D eigenvalue weighted by atomic mass is 16.7. The average molecular weight is 498 g/mol. The maximum Gasteiger partial charge on any atom is 0.339 e. The molecule has 2 aliphatic rings. The molecule has 0 saturated carbocycles. The molecule has 4 aromatic rings. The molecule has 186 valence electrons. The normalized spacial score (nSPS) is 15.0. The number of ether oxygens (including phenoxy) is 3. The van der Waals surface area contributed by atoms with E-state index in [1.807, 2.05) is 42.5 Å². The molecule has 1 aliphatic carbocycles. The number of amides is 1. The van der Waals surface area contributed by atoms with Gasteiger partial charge in [0.2, 0.25) is 6.79 Å². The van der Waals surface area contributed by atoms with E-state index in [0.717, 1.165) is 41.0 Å². The van der Waals surface area contributed by atoms with Crippen molar-refractivity contribution in [3.05, 3.63) is 76.7 Å². The lowest BCUT2D eigenvalue weighted by Crippen LogP contribution is -2.22. The molecular formula is C28H23N3O6. The summed E-state index contributed by atoms with van der Waals surface area (Å²) in [6.07, 6.45) is 4.43. The van der Waals surface area contributed by atoms with Crippen molar-refractivity contribution in [1.29, 1.82) is 0 Å². The minimum Gasteiger partial charge on any atom is -0.454 e. The topological polar surface area (TPSA) is 113 Å². The Morgan fingerprint density at radius 3 is 2.81 bits per heavy atom. The second-order valence-electron chi connectivity index (χ2n) is 8.91. The van der Waals surface area contributed by atoms with Crippen LogP contribution >= 0.6 is 0 Å². The molecule has 0 atom stereocenters. The van der Waals surface area contributed by atoms with Crippen molar-refractivity contribution in [2.45, 2.75) is 26.2 Å². The molecule has 0 bridgehead atoms. The lowest BCUT2D eigenvalue weighted by atomic mass is 9.86. The SMILES string of the molecule is Cc1cc(NC(=O)COC(=O)c2c3c(nc4ccccc24)/C(=C/c2ccc4c(c2)OCO4)CCC3)no1. The molecule has 9 nitrogen and oxygen atoms in total. The number of nitrogens with zero attached hydrogens (tertiary/aromatic N) is 2. The van der Waals surface area contributed by atoms with Gasteiger partial charge in [-0.25, -0.2) is 9.78 Å². The molecule has 37 heavy (non-hydrogen) atoms. The number of pyridine rings is 1. The number of rotatable bonds is 5. The number of nitrogens with one attached hydrogen (secondary N) is 1. The van der Waals surface area contributed by atoms with Crippen LogP contribution in [0.4, 0.5) is 5.82 Å². The Bertz CT molecular complexity index is 1570. The number of aryl methyl sites for hydroxylation is 1. The third-order valence-corrected chi connectivity index (χ3v) is 6.34. The Hall–Kier alpha value is -4.66. The number of carbonyl (C=O) groups is 2. The molecule has 0 fully saturated rings. The van der Waals surface area contributed by atoms with Gasteiger partial charge in [-0.3, -0.25) is 4.79 Å². The van der Waals surface area contributed by atoms with Gasteiger partial charge in [0.1, 0.15) is 5.76 Å². The summed E-state index contributed by atoms with van der Waals surface area (Å²) in [6.45, 7) is 1.49. The molecule has 6 rings (SSSR count). The summed E-state index contributed by atoms with van der Waals surface area (Å²) in [5.41, 5.74) is 4.73. The third kappa shape index (κ3) is 4.51. The summed E-state index contributed by atoms with van der Waals surface area (Å²) >= 11 is 0. The number of para-hydroxylation sites is 1. The molecule has 1 amide bonds. The van der Waals surface area contributed by atoms with Crippen molar-refractivity contribution in [3.8, 4) is 11.5 Å². The number of fused-ring (bicyclic) bond motifs is 3. The van der Waals surface area contributed by atoms with Crippen LogP contribution in [0.2, 0.25) is 0 Å². The summed E-state index contributed by atoms with van der Waals surface area (Å²) in [6, 6.07) is 14.9. The maximum absolute atomic E-state index is 13.4. The van der Waals surface area contributed by atoms with E-state index in [1.165, 1.54) is 0 Å². The van der Waals surface area contributed by atoms with Gasteiger partial charge in [0.25, 0.3) is 5.91 Å². The lowest BCUT2D eigenvalue weighted by Gasteiger charge is -2.22. The van der Waals surface area contributed by atoms with Gasteiger partial charge >= 0.3 is 5.97 Å². The number of hydrogen-bond donors (Lipinski definition) is 1. The van der Waals surface area contributed by atoms with Crippen molar-refractivity contribution >= 4 is 40.2 Å². The number of benzene rings is 2. The zero-order valence-corrected chi connectivity index (χ0v) is 20.1. The highest BCUT2D eigenvalue weighted by molar-refractivity contribution is 6.07. The van der Waals surface area contributed by atoms with Gasteiger partial charge in [0, 0.05) is 11.5 Å². The largest absolute Gasteiger partial charge is 0.454 e. The van der Waals surface area contributed by atoms with Gasteiger partial charge in [0.15, 0.2) is 23.9 Å². The molecule has 0 saturated heterocycles. The van der Waals surface area contributed by atoms with E-state index in [1.54, 1.807) is 13.0 Å². The molecule has 3 heterocycles. The molecule has 0 radical (unpaired) electrons. The van der Waals surface area contributed by atoms with Gasteiger partial charge in [0.05, 0.1) is 16.8 Å². The number of carbonyl (C=O) groups excluding carboxylic acids is 2. The van der Waals surface area contributed by atoms with Gasteiger partial charge in [-0.2, -0.15) is 0 Å². The van der Waals surface area contributed by atoms with Gasteiger partial charge in [-0.1, -0.05) is 29.4 Å². The standard InChI is InChI=1S/C28H23N3O6/c1-16-11-24(31-37-16)30-25(32)14-34-28(33)26-19-6-2-3-8-21(19)29-27-18(5-4-7-20(26)27)12-17-9-10-22-23(13-17)36-15-35-22/h2-3,6,8-13H,4-5,7,14-15H2,1H3,(H,30,31,32)/b18-12+. The van der Waals surface area contributed by atoms with Crippen molar-refractivity contribution in [3.63, 3.8) is 0 Å². The summed E-state index contributed by atoms with van der Waals surface area (Å²) in [4.78, 5) is 30.6. The minimum absolute atomic E-state index is 0.216. The maximum atomic E-state index is 13.4. The van der Waals surface area contributed by atoms with Crippen LogP contribution in [0.3, 0.4) is 0 Å². The van der Waals surface area contributed by atoms with Gasteiger partial charge in [-0.05, 0) is 67.2 Å². The third-order valence-electron chi connectivity index (χ3n) is 6.34. The monoisotopic (exact) mass is 497 g/mol. The van der Waals surface area contributed by atoms with Crippen LogP contribution in [0.1, 0.15) is 45.8 Å². The zero-order valence-electron chi connectivity index (χ0n) is 20.1. The fourth-order valence-electron chi connectivity index (χ4n) is 4.72. The van der Waals surface area contributed by atoms with Crippen molar-refractivity contribution < 1.29 is 28.3 Å². The Balaban J connectivity index is 1.33. The van der Waals surface area contributed by atoms with Crippen LogP contribution in [0.25, 0.3) is 22.6 Å². The number of allylic oxidation sites excluding steroid dienone is 1. The van der Waals surface area contributed by atoms with E-state index >= 15 is 0 Å². The van der Waals surface area contributed by atoms with Crippen LogP contribution in [-0.2, 0) is 16.0 Å². The van der Waals surface area contributed by atoms with Crippen molar-refractivity contribution in [2.24, 2.45) is 0 Å². The van der Waals surface area contributed by atoms with E-state index in [2.05, 4.69) is 16.5 Å². The summed E-state index contributed by atoms with van der Waals surface area (Å²) in [5.74, 6) is 1.20. The fourth-order valence-corrected chi connectivity index (χ4v) is 4.72. The Kier molecular flexibility index (Phi) is 5.80. The minimum atomic E-state index is -0.564. The number of esters is 1. The van der Waals surface area contributed by atoms with Crippen LogP contribution in [-0.4, -0.2) is 35.4 Å². The number of aromatic nitrogens is 2. The summed E-state index contributed by atoms with van der Waals surface area (Å²) in [5, 5.41) is 6.98. The van der Waals surface area contributed by atoms with E-state index in [-0.39, 0.29) is 12.6 Å². The van der Waals surface area contributed by atoms with E-state index < -0.39 is 18.5 Å².